The summed E-state index contributed by atoms with van der Waals surface area (Å²) < 4.78 is 12.2. The van der Waals surface area contributed by atoms with E-state index >= 15 is 0 Å². The molecule has 4 aromatic carbocycles. The Balaban J connectivity index is 1.44. The summed E-state index contributed by atoms with van der Waals surface area (Å²) in [6.45, 7) is 0.974. The van der Waals surface area contributed by atoms with E-state index in [-0.39, 0.29) is 12.5 Å². The first kappa shape index (κ1) is 31.0. The lowest BCUT2D eigenvalue weighted by molar-refractivity contribution is -0.129. The summed E-state index contributed by atoms with van der Waals surface area (Å²) in [5.41, 5.74) is 8.30. The van der Waals surface area contributed by atoms with Gasteiger partial charge in [-0.3, -0.25) is 10.2 Å². The minimum Gasteiger partial charge on any atom is -0.494 e. The van der Waals surface area contributed by atoms with E-state index in [1.165, 1.54) is 0 Å². The van der Waals surface area contributed by atoms with Crippen LogP contribution in [0.1, 0.15) is 41.2 Å². The van der Waals surface area contributed by atoms with E-state index in [2.05, 4.69) is 10.9 Å². The summed E-state index contributed by atoms with van der Waals surface area (Å²) in [4.78, 5) is 19.2. The summed E-state index contributed by atoms with van der Waals surface area (Å²) in [6, 6.07) is 34.7. The van der Waals surface area contributed by atoms with Gasteiger partial charge in [-0.15, -0.1) is 0 Å². The number of amides is 1. The highest BCUT2D eigenvalue weighted by atomic mass is 35.5. The molecular weight excluding hydrogens is 574 g/mol. The second-order valence-electron chi connectivity index (χ2n) is 10.4. The van der Waals surface area contributed by atoms with E-state index in [0.29, 0.717) is 49.1 Å². The first-order valence-corrected chi connectivity index (χ1v) is 15.1. The molecule has 0 bridgehead atoms. The Kier molecular flexibility index (Phi) is 10.8. The van der Waals surface area contributed by atoms with Crippen molar-refractivity contribution in [1.82, 2.24) is 10.9 Å². The molecule has 3 N–H and O–H groups in total. The van der Waals surface area contributed by atoms with Crippen LogP contribution in [0.3, 0.4) is 0 Å². The Labute approximate surface area is 263 Å². The van der Waals surface area contributed by atoms with Crippen molar-refractivity contribution in [3.63, 3.8) is 0 Å². The molecule has 0 radical (unpaired) electrons. The second kappa shape index (κ2) is 15.3. The molecule has 226 valence electrons. The minimum absolute atomic E-state index is 0.0708. The van der Waals surface area contributed by atoms with Gasteiger partial charge in [0.15, 0.2) is 11.6 Å². The van der Waals surface area contributed by atoms with E-state index in [1.54, 1.807) is 0 Å². The van der Waals surface area contributed by atoms with Crippen molar-refractivity contribution in [2.24, 2.45) is 4.99 Å². The van der Waals surface area contributed by atoms with Crippen LogP contribution < -0.4 is 15.6 Å². The van der Waals surface area contributed by atoms with Crippen LogP contribution in [0.25, 0.3) is 6.08 Å². The number of aliphatic imine (C=N–C) groups is 1. The Bertz CT molecular complexity index is 1560. The van der Waals surface area contributed by atoms with E-state index in [9.17, 15) is 4.79 Å². The molecule has 8 heteroatoms. The van der Waals surface area contributed by atoms with Gasteiger partial charge >= 0.3 is 0 Å². The molecule has 0 saturated carbocycles. The van der Waals surface area contributed by atoms with Crippen LogP contribution in [0.15, 0.2) is 120 Å². The Morgan fingerprint density at radius 2 is 1.66 bits per heavy atom. The highest BCUT2D eigenvalue weighted by Gasteiger charge is 2.52. The summed E-state index contributed by atoms with van der Waals surface area (Å²) in [5, 5.41) is 9.73. The SMILES string of the molecule is O=C(NNCCc1ccccc1Cl)[C@@]1(C/C=C/c2ccccc2)N=C(c2ccc(OCCCO)cc2)O[C@H]1c1ccccc1. The standard InChI is InChI=1S/C36H36ClN3O4/c37-32-17-8-7-14-28(32)22-24-38-40-35(42)36(23-9-13-27-11-3-1-4-12-27)33(29-15-5-2-6-16-29)44-34(39-36)30-18-20-31(21-19-30)43-26-10-25-41/h1-9,11-21,33,38,41H,10,22-26H2,(H,40,42)/b13-9+/t33-,36-/m0/s1. The molecular formula is C36H36ClN3O4. The fourth-order valence-electron chi connectivity index (χ4n) is 5.03. The maximum Gasteiger partial charge on any atom is 0.266 e. The molecule has 44 heavy (non-hydrogen) atoms. The van der Waals surface area contributed by atoms with Gasteiger partial charge in [-0.2, -0.15) is 0 Å². The van der Waals surface area contributed by atoms with Gasteiger partial charge in [0.2, 0.25) is 5.90 Å². The van der Waals surface area contributed by atoms with Crippen molar-refractivity contribution in [2.75, 3.05) is 19.8 Å². The number of aliphatic hydroxyl groups excluding tert-OH is 1. The van der Waals surface area contributed by atoms with Crippen molar-refractivity contribution >= 4 is 29.5 Å². The van der Waals surface area contributed by atoms with Crippen LogP contribution in [0.2, 0.25) is 5.02 Å². The third-order valence-corrected chi connectivity index (χ3v) is 7.72. The molecule has 4 aromatic rings. The number of hydrogen-bond acceptors (Lipinski definition) is 6. The summed E-state index contributed by atoms with van der Waals surface area (Å²) in [7, 11) is 0. The van der Waals surface area contributed by atoms with Gasteiger partial charge in [-0.05, 0) is 53.4 Å². The topological polar surface area (TPSA) is 92.2 Å². The zero-order valence-corrected chi connectivity index (χ0v) is 25.1. The molecule has 0 aromatic heterocycles. The molecule has 5 rings (SSSR count). The third kappa shape index (κ3) is 7.74. The molecule has 2 atom stereocenters. The molecule has 1 amide bonds. The van der Waals surface area contributed by atoms with E-state index in [4.69, 9.17) is 31.2 Å². The number of nitrogens with one attached hydrogen (secondary N) is 2. The minimum atomic E-state index is -1.30. The number of carbonyl (C=O) groups excluding carboxylic acids is 1. The van der Waals surface area contributed by atoms with Crippen molar-refractivity contribution in [2.45, 2.75) is 30.9 Å². The summed E-state index contributed by atoms with van der Waals surface area (Å²) >= 11 is 6.33. The Morgan fingerprint density at radius 3 is 2.39 bits per heavy atom. The van der Waals surface area contributed by atoms with Gasteiger partial charge in [0, 0.05) is 36.6 Å². The van der Waals surface area contributed by atoms with Crippen LogP contribution in [0.5, 0.6) is 5.75 Å². The molecule has 0 aliphatic carbocycles. The van der Waals surface area contributed by atoms with Gasteiger partial charge in [-0.1, -0.05) is 103 Å². The maximum atomic E-state index is 14.2. The molecule has 7 nitrogen and oxygen atoms in total. The second-order valence-corrected chi connectivity index (χ2v) is 10.8. The third-order valence-electron chi connectivity index (χ3n) is 7.35. The van der Waals surface area contributed by atoms with Crippen molar-refractivity contribution < 1.29 is 19.4 Å². The molecule has 1 aliphatic rings. The molecule has 1 aliphatic heterocycles. The number of nitrogens with zero attached hydrogens (tertiary/aromatic N) is 1. The lowest BCUT2D eigenvalue weighted by Crippen LogP contribution is -2.52. The zero-order chi connectivity index (χ0) is 30.6. The van der Waals surface area contributed by atoms with Gasteiger partial charge in [-0.25, -0.2) is 10.4 Å². The Morgan fingerprint density at radius 1 is 0.955 bits per heavy atom. The molecule has 0 fully saturated rings. The zero-order valence-electron chi connectivity index (χ0n) is 24.4. The molecule has 0 saturated heterocycles. The smallest absolute Gasteiger partial charge is 0.266 e. The largest absolute Gasteiger partial charge is 0.494 e. The van der Waals surface area contributed by atoms with Crippen LogP contribution in [-0.2, 0) is 16.0 Å². The maximum absolute atomic E-state index is 14.2. The van der Waals surface area contributed by atoms with Gasteiger partial charge in [0.05, 0.1) is 6.61 Å². The molecule has 1 heterocycles. The fourth-order valence-corrected chi connectivity index (χ4v) is 5.26. The van der Waals surface area contributed by atoms with Crippen molar-refractivity contribution in [3.05, 3.63) is 143 Å². The van der Waals surface area contributed by atoms with Crippen molar-refractivity contribution in [3.8, 4) is 5.75 Å². The van der Waals surface area contributed by atoms with Crippen LogP contribution in [0.4, 0.5) is 0 Å². The van der Waals surface area contributed by atoms with Gasteiger partial charge in [0.1, 0.15) is 5.75 Å². The average molecular weight is 610 g/mol. The lowest BCUT2D eigenvalue weighted by Gasteiger charge is -2.29. The first-order chi connectivity index (χ1) is 21.6. The lowest BCUT2D eigenvalue weighted by atomic mass is 9.84. The van der Waals surface area contributed by atoms with Crippen LogP contribution in [0, 0.1) is 0 Å². The van der Waals surface area contributed by atoms with Gasteiger partial charge in [0.25, 0.3) is 5.91 Å². The first-order valence-electron chi connectivity index (χ1n) is 14.7. The van der Waals surface area contributed by atoms with E-state index < -0.39 is 11.6 Å². The fraction of sp³-hybridized carbons (Fsp3) is 0.222. The number of hydrogen-bond donors (Lipinski definition) is 3. The van der Waals surface area contributed by atoms with E-state index in [1.807, 2.05) is 121 Å². The number of ether oxygens (including phenoxy) is 2. The molecule has 0 spiro atoms. The number of benzene rings is 4. The molecule has 0 unspecified atom stereocenters. The normalized spacial score (nSPS) is 17.7. The predicted molar refractivity (Wildman–Crippen MR) is 175 cm³/mol. The quantitative estimate of drug-likeness (QED) is 0.115. The predicted octanol–water partition coefficient (Wildman–Crippen LogP) is 6.33. The average Bonchev–Trinajstić information content (AvgIpc) is 3.46. The monoisotopic (exact) mass is 609 g/mol. The number of aliphatic hydroxyl groups is 1. The van der Waals surface area contributed by atoms with Crippen molar-refractivity contribution in [1.29, 1.82) is 0 Å². The number of halogens is 1. The number of hydrazine groups is 1. The summed E-state index contributed by atoms with van der Waals surface area (Å²) in [6.07, 6.45) is 4.78. The number of rotatable bonds is 14. The number of carbonyl (C=O) groups is 1. The van der Waals surface area contributed by atoms with Crippen LogP contribution in [-0.4, -0.2) is 42.2 Å². The van der Waals surface area contributed by atoms with E-state index in [0.717, 1.165) is 22.3 Å². The van der Waals surface area contributed by atoms with Gasteiger partial charge < -0.3 is 14.6 Å². The van der Waals surface area contributed by atoms with Crippen LogP contribution >= 0.6 is 11.6 Å². The highest BCUT2D eigenvalue weighted by Crippen LogP contribution is 2.42. The summed E-state index contributed by atoms with van der Waals surface area (Å²) in [5.74, 6) is 0.750. The highest BCUT2D eigenvalue weighted by molar-refractivity contribution is 6.31. The Hall–Kier alpha value is -4.43.